The van der Waals surface area contributed by atoms with Crippen LogP contribution in [-0.2, 0) is 5.88 Å². The molecule has 2 nitrogen and oxygen atoms in total. The Balaban J connectivity index is 2.33. The summed E-state index contributed by atoms with van der Waals surface area (Å²) in [5, 5.41) is 0. The minimum atomic E-state index is 0.542. The fraction of sp³-hybridized carbons (Fsp3) is 0.643. The van der Waals surface area contributed by atoms with Gasteiger partial charge in [-0.15, -0.1) is 11.6 Å². The molecular formula is C14H21ClN2. The van der Waals surface area contributed by atoms with Crippen molar-refractivity contribution in [2.45, 2.75) is 45.5 Å². The Kier molecular flexibility index (Phi) is 3.93. The Morgan fingerprint density at radius 3 is 2.88 bits per heavy atom. The van der Waals surface area contributed by atoms with E-state index in [0.717, 1.165) is 23.7 Å². The lowest BCUT2D eigenvalue weighted by Crippen LogP contribution is -2.41. The summed E-state index contributed by atoms with van der Waals surface area (Å²) in [6, 6.07) is 2.78. The first-order chi connectivity index (χ1) is 8.11. The fourth-order valence-corrected chi connectivity index (χ4v) is 2.77. The van der Waals surface area contributed by atoms with Crippen molar-refractivity contribution in [3.05, 3.63) is 23.5 Å². The second-order valence-electron chi connectivity index (χ2n) is 5.27. The van der Waals surface area contributed by atoms with Crippen LogP contribution in [0.1, 0.15) is 37.9 Å². The van der Waals surface area contributed by atoms with Crippen molar-refractivity contribution in [3.63, 3.8) is 0 Å². The van der Waals surface area contributed by atoms with Gasteiger partial charge >= 0.3 is 0 Å². The Hall–Kier alpha value is -0.760. The number of piperidine rings is 1. The van der Waals surface area contributed by atoms with E-state index < -0.39 is 0 Å². The van der Waals surface area contributed by atoms with E-state index in [0.29, 0.717) is 11.9 Å². The summed E-state index contributed by atoms with van der Waals surface area (Å²) >= 11 is 6.02. The van der Waals surface area contributed by atoms with Gasteiger partial charge in [0.2, 0.25) is 0 Å². The first-order valence-electron chi connectivity index (χ1n) is 6.40. The number of rotatable bonds is 2. The number of pyridine rings is 1. The highest BCUT2D eigenvalue weighted by Crippen LogP contribution is 2.30. The SMILES string of the molecule is Cc1cc(N2CC(C)CCC2C)c(CCl)cn1. The second kappa shape index (κ2) is 5.26. The normalized spacial score (nSPS) is 25.1. The average molecular weight is 253 g/mol. The number of hydrogen-bond donors (Lipinski definition) is 0. The van der Waals surface area contributed by atoms with Crippen LogP contribution in [0.2, 0.25) is 0 Å². The molecular weight excluding hydrogens is 232 g/mol. The summed E-state index contributed by atoms with van der Waals surface area (Å²) < 4.78 is 0. The molecule has 94 valence electrons. The molecule has 0 aliphatic carbocycles. The van der Waals surface area contributed by atoms with Gasteiger partial charge in [-0.1, -0.05) is 6.92 Å². The van der Waals surface area contributed by atoms with Crippen molar-refractivity contribution in [2.24, 2.45) is 5.92 Å². The van der Waals surface area contributed by atoms with Crippen LogP contribution >= 0.6 is 11.6 Å². The zero-order chi connectivity index (χ0) is 12.4. The number of aromatic nitrogens is 1. The molecule has 2 rings (SSSR count). The van der Waals surface area contributed by atoms with E-state index in [1.807, 2.05) is 13.1 Å². The highest BCUT2D eigenvalue weighted by Gasteiger charge is 2.24. The van der Waals surface area contributed by atoms with E-state index in [4.69, 9.17) is 11.6 Å². The maximum atomic E-state index is 6.02. The molecule has 1 aromatic rings. The third-order valence-electron chi connectivity index (χ3n) is 3.67. The molecule has 0 saturated carbocycles. The number of halogens is 1. The quantitative estimate of drug-likeness (QED) is 0.746. The predicted octanol–water partition coefficient (Wildman–Crippen LogP) is 3.75. The van der Waals surface area contributed by atoms with Crippen molar-refractivity contribution in [3.8, 4) is 0 Å². The molecule has 0 radical (unpaired) electrons. The third-order valence-corrected chi connectivity index (χ3v) is 3.96. The van der Waals surface area contributed by atoms with Gasteiger partial charge in [0, 0.05) is 35.7 Å². The van der Waals surface area contributed by atoms with Gasteiger partial charge in [0.05, 0.1) is 5.88 Å². The highest BCUT2D eigenvalue weighted by atomic mass is 35.5. The van der Waals surface area contributed by atoms with Crippen molar-refractivity contribution >= 4 is 17.3 Å². The van der Waals surface area contributed by atoms with Crippen molar-refractivity contribution < 1.29 is 0 Å². The van der Waals surface area contributed by atoms with E-state index in [1.54, 1.807) is 0 Å². The maximum absolute atomic E-state index is 6.02. The molecule has 1 aliphatic rings. The van der Waals surface area contributed by atoms with Crippen LogP contribution in [-0.4, -0.2) is 17.6 Å². The molecule has 1 saturated heterocycles. The number of hydrogen-bond acceptors (Lipinski definition) is 2. The first-order valence-corrected chi connectivity index (χ1v) is 6.93. The zero-order valence-corrected chi connectivity index (χ0v) is 11.7. The Bertz CT molecular complexity index is 392. The Morgan fingerprint density at radius 2 is 2.18 bits per heavy atom. The number of alkyl halides is 1. The van der Waals surface area contributed by atoms with Crippen LogP contribution in [0.5, 0.6) is 0 Å². The van der Waals surface area contributed by atoms with Crippen LogP contribution in [0.4, 0.5) is 5.69 Å². The largest absolute Gasteiger partial charge is 0.368 e. The molecule has 0 aromatic carbocycles. The molecule has 2 atom stereocenters. The summed E-state index contributed by atoms with van der Waals surface area (Å²) in [5.74, 6) is 1.31. The van der Waals surface area contributed by atoms with Crippen LogP contribution in [0.3, 0.4) is 0 Å². The topological polar surface area (TPSA) is 16.1 Å². The fourth-order valence-electron chi connectivity index (χ4n) is 2.57. The van der Waals surface area contributed by atoms with Crippen LogP contribution in [0, 0.1) is 12.8 Å². The van der Waals surface area contributed by atoms with E-state index in [2.05, 4.69) is 29.8 Å². The van der Waals surface area contributed by atoms with Crippen molar-refractivity contribution in [1.29, 1.82) is 0 Å². The number of aryl methyl sites for hydroxylation is 1. The van der Waals surface area contributed by atoms with E-state index >= 15 is 0 Å². The standard InChI is InChI=1S/C14H21ClN2/c1-10-4-5-12(3)17(9-10)14-6-11(2)16-8-13(14)7-15/h6,8,10,12H,4-5,7,9H2,1-3H3. The Morgan fingerprint density at radius 1 is 1.41 bits per heavy atom. The van der Waals surface area contributed by atoms with Gasteiger partial charge in [0.15, 0.2) is 0 Å². The van der Waals surface area contributed by atoms with Gasteiger partial charge < -0.3 is 4.90 Å². The molecule has 0 N–H and O–H groups in total. The van der Waals surface area contributed by atoms with E-state index in [-0.39, 0.29) is 0 Å². The van der Waals surface area contributed by atoms with Gasteiger partial charge in [-0.2, -0.15) is 0 Å². The molecule has 0 amide bonds. The van der Waals surface area contributed by atoms with Crippen LogP contribution in [0.25, 0.3) is 0 Å². The molecule has 1 aliphatic heterocycles. The molecule has 1 aromatic heterocycles. The predicted molar refractivity (Wildman–Crippen MR) is 73.7 cm³/mol. The van der Waals surface area contributed by atoms with Crippen LogP contribution < -0.4 is 4.90 Å². The summed E-state index contributed by atoms with van der Waals surface area (Å²) in [4.78, 5) is 6.84. The molecule has 3 heteroatoms. The minimum Gasteiger partial charge on any atom is -0.368 e. The van der Waals surface area contributed by atoms with E-state index in [9.17, 15) is 0 Å². The van der Waals surface area contributed by atoms with Gasteiger partial charge in [-0.25, -0.2) is 0 Å². The summed E-state index contributed by atoms with van der Waals surface area (Å²) in [6.07, 6.45) is 4.52. The summed E-state index contributed by atoms with van der Waals surface area (Å²) in [6.45, 7) is 7.81. The second-order valence-corrected chi connectivity index (χ2v) is 5.54. The van der Waals surface area contributed by atoms with Crippen molar-refractivity contribution in [1.82, 2.24) is 4.98 Å². The molecule has 0 spiro atoms. The molecule has 2 heterocycles. The summed E-state index contributed by atoms with van der Waals surface area (Å²) in [7, 11) is 0. The Labute approximate surface area is 109 Å². The smallest absolute Gasteiger partial charge is 0.0509 e. The first kappa shape index (κ1) is 12.7. The maximum Gasteiger partial charge on any atom is 0.0509 e. The van der Waals surface area contributed by atoms with Gasteiger partial charge in [-0.05, 0) is 38.7 Å². The van der Waals surface area contributed by atoms with E-state index in [1.165, 1.54) is 18.5 Å². The lowest BCUT2D eigenvalue weighted by atomic mass is 9.94. The van der Waals surface area contributed by atoms with Crippen LogP contribution in [0.15, 0.2) is 12.3 Å². The third kappa shape index (κ3) is 2.74. The lowest BCUT2D eigenvalue weighted by molar-refractivity contribution is 0.390. The lowest BCUT2D eigenvalue weighted by Gasteiger charge is -2.39. The minimum absolute atomic E-state index is 0.542. The molecule has 17 heavy (non-hydrogen) atoms. The molecule has 0 bridgehead atoms. The molecule has 1 fully saturated rings. The monoisotopic (exact) mass is 252 g/mol. The number of nitrogens with zero attached hydrogens (tertiary/aromatic N) is 2. The van der Waals surface area contributed by atoms with Crippen molar-refractivity contribution in [2.75, 3.05) is 11.4 Å². The number of anilines is 1. The van der Waals surface area contributed by atoms with Gasteiger partial charge in [0.1, 0.15) is 0 Å². The highest BCUT2D eigenvalue weighted by molar-refractivity contribution is 6.17. The van der Waals surface area contributed by atoms with Gasteiger partial charge in [0.25, 0.3) is 0 Å². The zero-order valence-electron chi connectivity index (χ0n) is 10.9. The average Bonchev–Trinajstić information content (AvgIpc) is 2.32. The molecule has 2 unspecified atom stereocenters. The van der Waals surface area contributed by atoms with Gasteiger partial charge in [-0.3, -0.25) is 4.98 Å². The summed E-state index contributed by atoms with van der Waals surface area (Å²) in [5.41, 5.74) is 3.50.